The minimum absolute atomic E-state index is 0.0456. The van der Waals surface area contributed by atoms with Crippen LogP contribution in [0.2, 0.25) is 0 Å². The van der Waals surface area contributed by atoms with Crippen molar-refractivity contribution in [3.63, 3.8) is 0 Å². The molecule has 3 aromatic rings. The number of rotatable bonds is 8. The number of oxazole rings is 1. The number of nitrogens with zero attached hydrogens (tertiary/aromatic N) is 4. The normalized spacial score (nSPS) is 17.8. The summed E-state index contributed by atoms with van der Waals surface area (Å²) in [7, 11) is 1.70. The average molecular weight is 519 g/mol. The van der Waals surface area contributed by atoms with Gasteiger partial charge in [0.15, 0.2) is 12.3 Å². The third-order valence-corrected chi connectivity index (χ3v) is 7.27. The maximum Gasteiger partial charge on any atom is 0.275 e. The molecule has 200 valence electrons. The van der Waals surface area contributed by atoms with E-state index in [4.69, 9.17) is 13.9 Å². The number of aromatic nitrogens is 1. The van der Waals surface area contributed by atoms with Crippen LogP contribution in [0.15, 0.2) is 59.2 Å². The molecule has 0 bridgehead atoms. The Labute approximate surface area is 222 Å². The van der Waals surface area contributed by atoms with Gasteiger partial charge in [0.25, 0.3) is 5.91 Å². The van der Waals surface area contributed by atoms with Gasteiger partial charge in [0.05, 0.1) is 12.6 Å². The van der Waals surface area contributed by atoms with E-state index in [0.717, 1.165) is 37.2 Å². The topological polar surface area (TPSA) is 88.4 Å². The molecule has 9 nitrogen and oxygen atoms in total. The van der Waals surface area contributed by atoms with Gasteiger partial charge in [0, 0.05) is 53.3 Å². The Morgan fingerprint density at radius 3 is 2.58 bits per heavy atom. The van der Waals surface area contributed by atoms with Crippen LogP contribution in [0, 0.1) is 0 Å². The maximum atomic E-state index is 12.9. The monoisotopic (exact) mass is 518 g/mol. The second-order valence-electron chi connectivity index (χ2n) is 9.68. The number of benzene rings is 2. The predicted molar refractivity (Wildman–Crippen MR) is 141 cm³/mol. The van der Waals surface area contributed by atoms with Crippen LogP contribution >= 0.6 is 0 Å². The number of methoxy groups -OCH3 is 1. The van der Waals surface area contributed by atoms with Crippen molar-refractivity contribution in [1.29, 1.82) is 0 Å². The molecule has 0 N–H and O–H groups in total. The molecule has 2 aliphatic heterocycles. The van der Waals surface area contributed by atoms with Gasteiger partial charge in [-0.05, 0) is 35.2 Å². The summed E-state index contributed by atoms with van der Waals surface area (Å²) in [6.07, 6.45) is 2.20. The third-order valence-electron chi connectivity index (χ3n) is 7.27. The molecule has 2 aliphatic rings. The number of ether oxygens (including phenoxy) is 2. The molecule has 0 aliphatic carbocycles. The highest BCUT2D eigenvalue weighted by Gasteiger charge is 2.31. The Balaban J connectivity index is 1.24. The lowest BCUT2D eigenvalue weighted by atomic mass is 9.88. The highest BCUT2D eigenvalue weighted by atomic mass is 16.5. The lowest BCUT2D eigenvalue weighted by Gasteiger charge is -2.37. The van der Waals surface area contributed by atoms with E-state index in [1.165, 1.54) is 11.8 Å². The molecule has 1 aromatic heterocycles. The number of carbonyl (C=O) groups excluding carboxylic acids is 2. The van der Waals surface area contributed by atoms with Gasteiger partial charge in [-0.15, -0.1) is 0 Å². The zero-order valence-corrected chi connectivity index (χ0v) is 22.0. The fourth-order valence-corrected chi connectivity index (χ4v) is 5.19. The maximum absolute atomic E-state index is 12.9. The fraction of sp³-hybridized carbons (Fsp3) is 0.414. The van der Waals surface area contributed by atoms with Crippen molar-refractivity contribution >= 4 is 11.8 Å². The van der Waals surface area contributed by atoms with E-state index in [0.29, 0.717) is 43.6 Å². The van der Waals surface area contributed by atoms with Crippen molar-refractivity contribution in [2.75, 3.05) is 53.0 Å². The lowest BCUT2D eigenvalue weighted by molar-refractivity contribution is -0.130. The molecule has 38 heavy (non-hydrogen) atoms. The summed E-state index contributed by atoms with van der Waals surface area (Å²) in [5, 5.41) is 0. The number of carbonyl (C=O) groups is 2. The second kappa shape index (κ2) is 11.8. The lowest BCUT2D eigenvalue weighted by Crippen LogP contribution is -2.49. The molecule has 0 saturated carbocycles. The van der Waals surface area contributed by atoms with E-state index in [2.05, 4.69) is 16.0 Å². The van der Waals surface area contributed by atoms with Gasteiger partial charge in [-0.1, -0.05) is 36.4 Å². The van der Waals surface area contributed by atoms with Crippen LogP contribution in [0.4, 0.5) is 0 Å². The van der Waals surface area contributed by atoms with Gasteiger partial charge < -0.3 is 23.7 Å². The van der Waals surface area contributed by atoms with Crippen molar-refractivity contribution in [3.05, 3.63) is 83.1 Å². The molecule has 0 radical (unpaired) electrons. The van der Waals surface area contributed by atoms with Crippen LogP contribution in [0.25, 0.3) is 0 Å². The number of fused-ring (bicyclic) bond motifs is 1. The van der Waals surface area contributed by atoms with Crippen molar-refractivity contribution in [3.8, 4) is 5.75 Å². The molecule has 1 atom stereocenters. The largest absolute Gasteiger partial charge is 0.484 e. The van der Waals surface area contributed by atoms with E-state index in [-0.39, 0.29) is 24.5 Å². The van der Waals surface area contributed by atoms with Crippen LogP contribution in [0.1, 0.15) is 46.0 Å². The first kappa shape index (κ1) is 25.9. The minimum atomic E-state index is -0.165. The quantitative estimate of drug-likeness (QED) is 0.453. The van der Waals surface area contributed by atoms with E-state index in [1.54, 1.807) is 18.9 Å². The Morgan fingerprint density at radius 1 is 1.05 bits per heavy atom. The van der Waals surface area contributed by atoms with Gasteiger partial charge in [-0.25, -0.2) is 4.98 Å². The molecule has 9 heteroatoms. The van der Waals surface area contributed by atoms with Gasteiger partial charge in [-0.3, -0.25) is 14.5 Å². The Morgan fingerprint density at radius 2 is 1.84 bits per heavy atom. The van der Waals surface area contributed by atoms with Gasteiger partial charge in [-0.2, -0.15) is 0 Å². The summed E-state index contributed by atoms with van der Waals surface area (Å²) >= 11 is 0. The standard InChI is InChI=1S/C29H34N4O5/c1-21(34)33-11-10-22-8-9-24(18-25(22)28(33)23-6-4-3-5-7-23)37-20-27-30-26(19-38-27)29(35)32-14-12-31(13-15-32)16-17-36-2/h3-9,18-19,28H,10-17,20H2,1-2H3. The third kappa shape index (κ3) is 5.74. The first-order chi connectivity index (χ1) is 18.5. The van der Waals surface area contributed by atoms with Crippen LogP contribution in [0.5, 0.6) is 5.75 Å². The Hall–Kier alpha value is -3.69. The molecule has 1 fully saturated rings. The second-order valence-corrected chi connectivity index (χ2v) is 9.68. The zero-order valence-electron chi connectivity index (χ0n) is 22.0. The van der Waals surface area contributed by atoms with Crippen molar-refractivity contribution in [2.24, 2.45) is 0 Å². The summed E-state index contributed by atoms with van der Waals surface area (Å²) < 4.78 is 16.7. The number of hydrogen-bond donors (Lipinski definition) is 0. The van der Waals surface area contributed by atoms with Crippen LogP contribution in [-0.2, 0) is 22.6 Å². The van der Waals surface area contributed by atoms with Crippen LogP contribution < -0.4 is 4.74 Å². The molecule has 2 aromatic carbocycles. The molecular weight excluding hydrogens is 484 g/mol. The number of piperazine rings is 1. The molecule has 2 amide bonds. The molecule has 1 unspecified atom stereocenters. The van der Waals surface area contributed by atoms with Gasteiger partial charge in [0.2, 0.25) is 11.8 Å². The summed E-state index contributed by atoms with van der Waals surface area (Å²) in [6, 6.07) is 15.9. The molecule has 0 spiro atoms. The SMILES string of the molecule is COCCN1CCN(C(=O)c2coc(COc3ccc4c(c3)C(c3ccccc3)N(C(C)=O)CC4)n2)CC1. The van der Waals surface area contributed by atoms with E-state index >= 15 is 0 Å². The number of hydrogen-bond acceptors (Lipinski definition) is 7. The van der Waals surface area contributed by atoms with Crippen molar-refractivity contribution in [2.45, 2.75) is 26.0 Å². The van der Waals surface area contributed by atoms with E-state index < -0.39 is 0 Å². The highest BCUT2D eigenvalue weighted by Crippen LogP contribution is 2.37. The molecule has 1 saturated heterocycles. The Bertz CT molecular complexity index is 1250. The summed E-state index contributed by atoms with van der Waals surface area (Å²) in [4.78, 5) is 35.7. The number of amides is 2. The van der Waals surface area contributed by atoms with Crippen molar-refractivity contribution < 1.29 is 23.5 Å². The van der Waals surface area contributed by atoms with Crippen LogP contribution in [0.3, 0.4) is 0 Å². The smallest absolute Gasteiger partial charge is 0.275 e. The highest BCUT2D eigenvalue weighted by molar-refractivity contribution is 5.92. The van der Waals surface area contributed by atoms with Gasteiger partial charge in [0.1, 0.15) is 12.0 Å². The Kier molecular flexibility index (Phi) is 8.05. The minimum Gasteiger partial charge on any atom is -0.484 e. The summed E-state index contributed by atoms with van der Waals surface area (Å²) in [6.45, 7) is 6.87. The predicted octanol–water partition coefficient (Wildman–Crippen LogP) is 3.15. The summed E-state index contributed by atoms with van der Waals surface area (Å²) in [5.41, 5.74) is 3.62. The fourth-order valence-electron chi connectivity index (χ4n) is 5.19. The van der Waals surface area contributed by atoms with Crippen LogP contribution in [-0.4, -0.2) is 84.5 Å². The zero-order chi connectivity index (χ0) is 26.5. The molecule has 3 heterocycles. The first-order valence-corrected chi connectivity index (χ1v) is 13.1. The van der Waals surface area contributed by atoms with Crippen molar-refractivity contribution in [1.82, 2.24) is 19.7 Å². The average Bonchev–Trinajstić information content (AvgIpc) is 3.43. The van der Waals surface area contributed by atoms with E-state index in [1.807, 2.05) is 47.4 Å². The summed E-state index contributed by atoms with van der Waals surface area (Å²) in [5.74, 6) is 0.919. The van der Waals surface area contributed by atoms with Gasteiger partial charge >= 0.3 is 0 Å². The molecule has 5 rings (SSSR count). The first-order valence-electron chi connectivity index (χ1n) is 13.1. The van der Waals surface area contributed by atoms with E-state index in [9.17, 15) is 9.59 Å². The molecular formula is C29H34N4O5.